The summed E-state index contributed by atoms with van der Waals surface area (Å²) < 4.78 is 4.86. The molecule has 1 rings (SSSR count). The van der Waals surface area contributed by atoms with Crippen LogP contribution >= 0.6 is 11.6 Å². The van der Waals surface area contributed by atoms with Gasteiger partial charge >= 0.3 is 35.5 Å². The SMILES string of the molecule is O=C(O)COc1ccc(Cl)cc1.[NaH]. The van der Waals surface area contributed by atoms with Gasteiger partial charge in [0.25, 0.3) is 0 Å². The third kappa shape index (κ3) is 5.16. The van der Waals surface area contributed by atoms with E-state index in [0.29, 0.717) is 10.8 Å². The molecule has 0 saturated heterocycles. The monoisotopic (exact) mass is 210 g/mol. The summed E-state index contributed by atoms with van der Waals surface area (Å²) in [6.07, 6.45) is 0. The molecule has 0 aliphatic heterocycles. The molecule has 0 amide bonds. The fraction of sp³-hybridized carbons (Fsp3) is 0.125. The number of aliphatic carboxylic acids is 1. The topological polar surface area (TPSA) is 46.5 Å². The van der Waals surface area contributed by atoms with Gasteiger partial charge in [0.2, 0.25) is 0 Å². The first-order valence-corrected chi connectivity index (χ1v) is 3.66. The molecule has 13 heavy (non-hydrogen) atoms. The van der Waals surface area contributed by atoms with Crippen LogP contribution in [0, 0.1) is 0 Å². The number of ether oxygens (including phenoxy) is 1. The summed E-state index contributed by atoms with van der Waals surface area (Å²) in [5.74, 6) is -0.494. The van der Waals surface area contributed by atoms with E-state index in [-0.39, 0.29) is 36.2 Å². The molecular weight excluding hydrogens is 203 g/mol. The summed E-state index contributed by atoms with van der Waals surface area (Å²) >= 11 is 5.60. The molecule has 0 spiro atoms. The minimum atomic E-state index is -0.995. The molecule has 1 N–H and O–H groups in total. The van der Waals surface area contributed by atoms with Crippen molar-refractivity contribution < 1.29 is 14.6 Å². The molecule has 0 aliphatic rings. The van der Waals surface area contributed by atoms with Crippen LogP contribution in [-0.4, -0.2) is 47.2 Å². The summed E-state index contributed by atoms with van der Waals surface area (Å²) in [5.41, 5.74) is 0. The van der Waals surface area contributed by atoms with Gasteiger partial charge in [-0.15, -0.1) is 0 Å². The zero-order valence-corrected chi connectivity index (χ0v) is 6.91. The fourth-order valence-electron chi connectivity index (χ4n) is 0.676. The van der Waals surface area contributed by atoms with Crippen LogP contribution in [0.15, 0.2) is 24.3 Å². The Hall–Kier alpha value is -0.220. The van der Waals surface area contributed by atoms with Crippen LogP contribution in [0.25, 0.3) is 0 Å². The fourth-order valence-corrected chi connectivity index (χ4v) is 0.802. The molecule has 0 saturated carbocycles. The second-order valence-electron chi connectivity index (χ2n) is 2.14. The Morgan fingerprint density at radius 3 is 2.38 bits per heavy atom. The average molecular weight is 211 g/mol. The Morgan fingerprint density at radius 1 is 1.38 bits per heavy atom. The molecule has 0 unspecified atom stereocenters. The molecule has 0 aromatic heterocycles. The van der Waals surface area contributed by atoms with Crippen LogP contribution in [0.3, 0.4) is 0 Å². The summed E-state index contributed by atoms with van der Waals surface area (Å²) in [5, 5.41) is 8.87. The van der Waals surface area contributed by atoms with Crippen LogP contribution in [0.2, 0.25) is 5.02 Å². The van der Waals surface area contributed by atoms with Crippen LogP contribution in [-0.2, 0) is 4.79 Å². The number of benzene rings is 1. The Bertz CT molecular complexity index is 273. The number of carboxylic acid groups (broad SMARTS) is 1. The molecule has 3 nitrogen and oxygen atoms in total. The van der Waals surface area contributed by atoms with Crippen molar-refractivity contribution in [3.63, 3.8) is 0 Å². The van der Waals surface area contributed by atoms with Gasteiger partial charge in [0.1, 0.15) is 5.75 Å². The van der Waals surface area contributed by atoms with Gasteiger partial charge in [0.05, 0.1) is 0 Å². The molecule has 0 heterocycles. The molecule has 0 bridgehead atoms. The predicted octanol–water partition coefficient (Wildman–Crippen LogP) is 1.15. The molecule has 0 atom stereocenters. The zero-order chi connectivity index (χ0) is 8.97. The Labute approximate surface area is 103 Å². The molecular formula is C8H8ClNaO3. The maximum absolute atomic E-state index is 10.1. The van der Waals surface area contributed by atoms with Gasteiger partial charge in [-0.3, -0.25) is 0 Å². The summed E-state index contributed by atoms with van der Waals surface area (Å²) in [6.45, 7) is -0.332. The second-order valence-corrected chi connectivity index (χ2v) is 2.57. The summed E-state index contributed by atoms with van der Waals surface area (Å²) in [6, 6.07) is 6.51. The van der Waals surface area contributed by atoms with Crippen molar-refractivity contribution in [1.82, 2.24) is 0 Å². The standard InChI is InChI=1S/C8H7ClO3.Na.H/c9-6-1-3-7(4-2-6)12-5-8(10)11;;/h1-4H,5H2,(H,10,11);;. The maximum atomic E-state index is 10.1. The van der Waals surface area contributed by atoms with Gasteiger partial charge < -0.3 is 9.84 Å². The van der Waals surface area contributed by atoms with E-state index in [1.165, 1.54) is 0 Å². The Kier molecular flexibility index (Phi) is 6.16. The van der Waals surface area contributed by atoms with Gasteiger partial charge in [0, 0.05) is 5.02 Å². The van der Waals surface area contributed by atoms with Crippen molar-refractivity contribution >= 4 is 47.1 Å². The van der Waals surface area contributed by atoms with Gasteiger partial charge in [-0.1, -0.05) is 11.6 Å². The molecule has 1 aromatic rings. The third-order valence-corrected chi connectivity index (χ3v) is 1.43. The van der Waals surface area contributed by atoms with Crippen molar-refractivity contribution in [2.45, 2.75) is 0 Å². The first kappa shape index (κ1) is 12.8. The van der Waals surface area contributed by atoms with Gasteiger partial charge in [-0.05, 0) is 24.3 Å². The van der Waals surface area contributed by atoms with Gasteiger partial charge in [-0.25, -0.2) is 4.79 Å². The molecule has 0 aliphatic carbocycles. The van der Waals surface area contributed by atoms with E-state index in [0.717, 1.165) is 0 Å². The number of carbonyl (C=O) groups is 1. The van der Waals surface area contributed by atoms with Crippen molar-refractivity contribution in [2.24, 2.45) is 0 Å². The number of rotatable bonds is 3. The minimum absolute atomic E-state index is 0. The second kappa shape index (κ2) is 6.27. The van der Waals surface area contributed by atoms with Crippen molar-refractivity contribution in [3.05, 3.63) is 29.3 Å². The van der Waals surface area contributed by atoms with Gasteiger partial charge in [0.15, 0.2) is 6.61 Å². The van der Waals surface area contributed by atoms with E-state index in [1.54, 1.807) is 24.3 Å². The summed E-state index contributed by atoms with van der Waals surface area (Å²) in [4.78, 5) is 10.1. The Morgan fingerprint density at radius 2 is 1.92 bits per heavy atom. The van der Waals surface area contributed by atoms with E-state index in [1.807, 2.05) is 0 Å². The van der Waals surface area contributed by atoms with Crippen LogP contribution < -0.4 is 4.74 Å². The predicted molar refractivity (Wildman–Crippen MR) is 51.7 cm³/mol. The molecule has 5 heteroatoms. The van der Waals surface area contributed by atoms with Gasteiger partial charge in [-0.2, -0.15) is 0 Å². The van der Waals surface area contributed by atoms with Crippen LogP contribution in [0.1, 0.15) is 0 Å². The van der Waals surface area contributed by atoms with E-state index in [4.69, 9.17) is 21.4 Å². The molecule has 66 valence electrons. The first-order valence-electron chi connectivity index (χ1n) is 3.28. The number of carboxylic acids is 1. The molecule has 0 radical (unpaired) electrons. The molecule has 0 fully saturated rings. The van der Waals surface area contributed by atoms with E-state index < -0.39 is 5.97 Å². The van der Waals surface area contributed by atoms with Crippen molar-refractivity contribution in [1.29, 1.82) is 0 Å². The molecule has 1 aromatic carbocycles. The van der Waals surface area contributed by atoms with E-state index >= 15 is 0 Å². The zero-order valence-electron chi connectivity index (χ0n) is 6.16. The van der Waals surface area contributed by atoms with Crippen molar-refractivity contribution in [3.8, 4) is 5.75 Å². The third-order valence-electron chi connectivity index (χ3n) is 1.18. The quantitative estimate of drug-likeness (QED) is 0.762. The first-order chi connectivity index (χ1) is 5.68. The van der Waals surface area contributed by atoms with Crippen LogP contribution in [0.5, 0.6) is 5.75 Å². The number of halogens is 1. The normalized spacial score (nSPS) is 8.69. The van der Waals surface area contributed by atoms with E-state index in [2.05, 4.69) is 0 Å². The Balaban J connectivity index is 0.00000144. The summed E-state index contributed by atoms with van der Waals surface area (Å²) in [7, 11) is 0. The van der Waals surface area contributed by atoms with E-state index in [9.17, 15) is 4.79 Å². The average Bonchev–Trinajstić information content (AvgIpc) is 2.03. The van der Waals surface area contributed by atoms with Crippen LogP contribution in [0.4, 0.5) is 0 Å². The number of hydrogen-bond donors (Lipinski definition) is 1. The number of hydrogen-bond acceptors (Lipinski definition) is 2. The van der Waals surface area contributed by atoms with Crippen molar-refractivity contribution in [2.75, 3.05) is 6.61 Å².